The fourth-order valence-electron chi connectivity index (χ4n) is 3.58. The van der Waals surface area contributed by atoms with Crippen molar-refractivity contribution in [2.45, 2.75) is 39.5 Å². The highest BCUT2D eigenvalue weighted by Gasteiger charge is 2.41. The number of nitrogens with zero attached hydrogens (tertiary/aromatic N) is 1. The van der Waals surface area contributed by atoms with Crippen LogP contribution in [0.3, 0.4) is 0 Å². The van der Waals surface area contributed by atoms with Crippen LogP contribution in [0.25, 0.3) is 0 Å². The Kier molecular flexibility index (Phi) is 7.51. The molecule has 0 spiro atoms. The van der Waals surface area contributed by atoms with Gasteiger partial charge in [0, 0.05) is 37.0 Å². The van der Waals surface area contributed by atoms with Crippen molar-refractivity contribution >= 4 is 11.8 Å². The summed E-state index contributed by atoms with van der Waals surface area (Å²) >= 11 is 0. The molecular weight excluding hydrogens is 344 g/mol. The second-order valence-electron chi connectivity index (χ2n) is 7.36. The number of amides is 2. The number of unbranched alkanes of at least 4 members (excludes halogenated alkanes) is 1. The van der Waals surface area contributed by atoms with E-state index in [4.69, 9.17) is 9.47 Å². The largest absolute Gasteiger partial charge is 0.497 e. The van der Waals surface area contributed by atoms with Crippen molar-refractivity contribution in [3.8, 4) is 11.5 Å². The Hall–Kier alpha value is -2.24. The first-order chi connectivity index (χ1) is 12.9. The van der Waals surface area contributed by atoms with E-state index in [2.05, 4.69) is 12.2 Å². The van der Waals surface area contributed by atoms with E-state index in [-0.39, 0.29) is 29.6 Å². The van der Waals surface area contributed by atoms with Crippen LogP contribution in [0.1, 0.15) is 45.1 Å². The molecule has 0 bridgehead atoms. The van der Waals surface area contributed by atoms with Gasteiger partial charge in [-0.25, -0.2) is 0 Å². The minimum Gasteiger partial charge on any atom is -0.497 e. The highest BCUT2D eigenvalue weighted by molar-refractivity contribution is 5.84. The van der Waals surface area contributed by atoms with Crippen LogP contribution < -0.4 is 14.8 Å². The van der Waals surface area contributed by atoms with Gasteiger partial charge in [-0.1, -0.05) is 27.2 Å². The third-order valence-electron chi connectivity index (χ3n) is 5.13. The molecule has 2 atom stereocenters. The van der Waals surface area contributed by atoms with Gasteiger partial charge in [0.1, 0.15) is 11.5 Å². The summed E-state index contributed by atoms with van der Waals surface area (Å²) < 4.78 is 10.9. The first-order valence-corrected chi connectivity index (χ1v) is 9.71. The van der Waals surface area contributed by atoms with Crippen molar-refractivity contribution in [2.75, 3.05) is 33.9 Å². The summed E-state index contributed by atoms with van der Waals surface area (Å²) in [6.45, 7) is 7.46. The van der Waals surface area contributed by atoms with Crippen molar-refractivity contribution in [3.63, 3.8) is 0 Å². The molecule has 1 saturated heterocycles. The zero-order valence-corrected chi connectivity index (χ0v) is 17.1. The molecule has 1 heterocycles. The van der Waals surface area contributed by atoms with Gasteiger partial charge >= 0.3 is 0 Å². The number of benzene rings is 1. The van der Waals surface area contributed by atoms with Crippen LogP contribution in [0.15, 0.2) is 18.2 Å². The Labute approximate surface area is 162 Å². The quantitative estimate of drug-likeness (QED) is 0.709. The van der Waals surface area contributed by atoms with E-state index in [1.165, 1.54) is 0 Å². The standard InChI is InChI=1S/C21H32N2O4/c1-6-7-10-22-20(24)18-13-23(21(25)14(2)3)12-17(18)16-11-15(26-4)8-9-19(16)27-5/h8-9,11,14,17-18H,6-7,10,12-13H2,1-5H3,(H,22,24)/t17-,18+/m1/s1. The summed E-state index contributed by atoms with van der Waals surface area (Å²) in [5, 5.41) is 3.03. The Bertz CT molecular complexity index is 660. The van der Waals surface area contributed by atoms with Gasteiger partial charge in [-0.05, 0) is 24.6 Å². The zero-order valence-electron chi connectivity index (χ0n) is 17.1. The molecule has 0 saturated carbocycles. The molecule has 1 aliphatic heterocycles. The van der Waals surface area contributed by atoms with E-state index < -0.39 is 0 Å². The second kappa shape index (κ2) is 9.62. The predicted octanol–water partition coefficient (Wildman–Crippen LogP) is 2.82. The molecule has 6 nitrogen and oxygen atoms in total. The third kappa shape index (κ3) is 4.93. The number of rotatable bonds is 8. The van der Waals surface area contributed by atoms with Crippen molar-refractivity contribution in [1.29, 1.82) is 0 Å². The van der Waals surface area contributed by atoms with Crippen molar-refractivity contribution < 1.29 is 19.1 Å². The maximum absolute atomic E-state index is 12.9. The van der Waals surface area contributed by atoms with E-state index in [0.717, 1.165) is 18.4 Å². The molecule has 2 amide bonds. The topological polar surface area (TPSA) is 67.9 Å². The number of hydrogen-bond donors (Lipinski definition) is 1. The summed E-state index contributed by atoms with van der Waals surface area (Å²) in [6.07, 6.45) is 1.97. The maximum Gasteiger partial charge on any atom is 0.225 e. The Balaban J connectivity index is 2.34. The lowest BCUT2D eigenvalue weighted by Gasteiger charge is -2.21. The van der Waals surface area contributed by atoms with Crippen LogP contribution in [0, 0.1) is 11.8 Å². The molecule has 6 heteroatoms. The van der Waals surface area contributed by atoms with Gasteiger partial charge in [-0.3, -0.25) is 9.59 Å². The first kappa shape index (κ1) is 21.1. The van der Waals surface area contributed by atoms with Crippen LogP contribution in [-0.2, 0) is 9.59 Å². The highest BCUT2D eigenvalue weighted by Crippen LogP contribution is 2.39. The highest BCUT2D eigenvalue weighted by atomic mass is 16.5. The second-order valence-corrected chi connectivity index (χ2v) is 7.36. The van der Waals surface area contributed by atoms with E-state index in [1.807, 2.05) is 32.0 Å². The van der Waals surface area contributed by atoms with Gasteiger partial charge in [-0.2, -0.15) is 0 Å². The van der Waals surface area contributed by atoms with Gasteiger partial charge in [0.05, 0.1) is 20.1 Å². The number of ether oxygens (including phenoxy) is 2. The van der Waals surface area contributed by atoms with Gasteiger partial charge in [0.15, 0.2) is 0 Å². The summed E-state index contributed by atoms with van der Waals surface area (Å²) in [5.41, 5.74) is 0.909. The molecule has 0 unspecified atom stereocenters. The Morgan fingerprint density at radius 1 is 1.22 bits per heavy atom. The van der Waals surface area contributed by atoms with E-state index in [9.17, 15) is 9.59 Å². The molecule has 150 valence electrons. The van der Waals surface area contributed by atoms with Gasteiger partial charge < -0.3 is 19.7 Å². The first-order valence-electron chi connectivity index (χ1n) is 9.71. The number of carbonyl (C=O) groups is 2. The zero-order chi connectivity index (χ0) is 20.0. The molecule has 27 heavy (non-hydrogen) atoms. The van der Waals surface area contributed by atoms with E-state index in [1.54, 1.807) is 19.1 Å². The lowest BCUT2D eigenvalue weighted by molar-refractivity contribution is -0.133. The Morgan fingerprint density at radius 2 is 1.96 bits per heavy atom. The molecule has 0 aliphatic carbocycles. The molecule has 0 radical (unpaired) electrons. The monoisotopic (exact) mass is 376 g/mol. The number of methoxy groups -OCH3 is 2. The van der Waals surface area contributed by atoms with Crippen LogP contribution in [-0.4, -0.2) is 50.6 Å². The molecule has 1 aromatic rings. The fourth-order valence-corrected chi connectivity index (χ4v) is 3.58. The molecule has 1 fully saturated rings. The summed E-state index contributed by atoms with van der Waals surface area (Å²) in [5.74, 6) is 0.975. The lowest BCUT2D eigenvalue weighted by Crippen LogP contribution is -2.37. The summed E-state index contributed by atoms with van der Waals surface area (Å²) in [7, 11) is 3.23. The van der Waals surface area contributed by atoms with E-state index >= 15 is 0 Å². The molecule has 1 aromatic carbocycles. The predicted molar refractivity (Wildman–Crippen MR) is 105 cm³/mol. The van der Waals surface area contributed by atoms with Crippen LogP contribution >= 0.6 is 0 Å². The average molecular weight is 376 g/mol. The smallest absolute Gasteiger partial charge is 0.225 e. The minimum atomic E-state index is -0.300. The van der Waals surface area contributed by atoms with Gasteiger partial charge in [0.2, 0.25) is 11.8 Å². The van der Waals surface area contributed by atoms with Crippen molar-refractivity contribution in [1.82, 2.24) is 10.2 Å². The molecule has 1 N–H and O–H groups in total. The summed E-state index contributed by atoms with van der Waals surface area (Å²) in [4.78, 5) is 27.2. The third-order valence-corrected chi connectivity index (χ3v) is 5.13. The number of nitrogens with one attached hydrogen (secondary N) is 1. The van der Waals surface area contributed by atoms with Crippen LogP contribution in [0.2, 0.25) is 0 Å². The van der Waals surface area contributed by atoms with E-state index in [0.29, 0.717) is 31.1 Å². The SMILES string of the molecule is CCCCNC(=O)[C@H]1CN(C(=O)C(C)C)C[C@@H]1c1cc(OC)ccc1OC. The average Bonchev–Trinajstić information content (AvgIpc) is 3.12. The van der Waals surface area contributed by atoms with Crippen molar-refractivity contribution in [3.05, 3.63) is 23.8 Å². The minimum absolute atomic E-state index is 0.00243. The summed E-state index contributed by atoms with van der Waals surface area (Å²) in [6, 6.07) is 5.61. The number of carbonyl (C=O) groups excluding carboxylic acids is 2. The maximum atomic E-state index is 12.9. The van der Waals surface area contributed by atoms with Crippen LogP contribution in [0.5, 0.6) is 11.5 Å². The Morgan fingerprint density at radius 3 is 2.56 bits per heavy atom. The lowest BCUT2D eigenvalue weighted by atomic mass is 9.87. The van der Waals surface area contributed by atoms with Crippen LogP contribution in [0.4, 0.5) is 0 Å². The number of likely N-dealkylation sites (tertiary alicyclic amines) is 1. The molecule has 0 aromatic heterocycles. The van der Waals surface area contributed by atoms with Gasteiger partial charge in [0.25, 0.3) is 0 Å². The number of hydrogen-bond acceptors (Lipinski definition) is 4. The molecule has 2 rings (SSSR count). The molecule has 1 aliphatic rings. The normalized spacial score (nSPS) is 19.3. The fraction of sp³-hybridized carbons (Fsp3) is 0.619. The van der Waals surface area contributed by atoms with Crippen molar-refractivity contribution in [2.24, 2.45) is 11.8 Å². The molecular formula is C21H32N2O4. The van der Waals surface area contributed by atoms with Gasteiger partial charge in [-0.15, -0.1) is 0 Å².